The molecule has 0 amide bonds. The summed E-state index contributed by atoms with van der Waals surface area (Å²) in [5, 5.41) is 20.2. The summed E-state index contributed by atoms with van der Waals surface area (Å²) in [6.07, 6.45) is 2.24. The van der Waals surface area contributed by atoms with Crippen LogP contribution in [-0.4, -0.2) is 11.5 Å². The first kappa shape index (κ1) is 17.5. The number of nitrogens with zero attached hydrogens (tertiary/aromatic N) is 2. The fraction of sp³-hybridized carbons (Fsp3) is 0.500. The van der Waals surface area contributed by atoms with Crippen LogP contribution in [0.25, 0.3) is 0 Å². The zero-order valence-corrected chi connectivity index (χ0v) is 13.4. The van der Waals surface area contributed by atoms with Crippen LogP contribution >= 0.6 is 23.2 Å². The predicted molar refractivity (Wildman–Crippen MR) is 81.9 cm³/mol. The highest BCUT2D eigenvalue weighted by molar-refractivity contribution is 6.42. The highest BCUT2D eigenvalue weighted by atomic mass is 35.5. The van der Waals surface area contributed by atoms with Gasteiger partial charge in [-0.2, -0.15) is 5.26 Å². The summed E-state index contributed by atoms with van der Waals surface area (Å²) in [6.45, 7) is 4.07. The number of nitro groups is 1. The predicted octanol–water partition coefficient (Wildman–Crippen LogP) is 5.00. The van der Waals surface area contributed by atoms with E-state index < -0.39 is 4.92 Å². The van der Waals surface area contributed by atoms with Crippen molar-refractivity contribution in [2.75, 3.05) is 6.61 Å². The van der Waals surface area contributed by atoms with Gasteiger partial charge in [-0.3, -0.25) is 10.1 Å². The Balaban J connectivity index is 2.58. The zero-order chi connectivity index (χ0) is 16.0. The zero-order valence-electron chi connectivity index (χ0n) is 11.9. The molecule has 0 bridgehead atoms. The fourth-order valence-corrected chi connectivity index (χ4v) is 1.99. The maximum atomic E-state index is 10.9. The summed E-state index contributed by atoms with van der Waals surface area (Å²) >= 11 is 11.6. The first-order chi connectivity index (χ1) is 9.76. The summed E-state index contributed by atoms with van der Waals surface area (Å²) in [7, 11) is 0. The maximum Gasteiger partial charge on any atom is 0.312 e. The molecule has 0 aromatic heterocycles. The SMILES string of the molecule is CC(C)(C#N)CCCCOc1cc(Cl)c(Cl)cc1[N+](=O)[O-]. The molecule has 0 aliphatic rings. The van der Waals surface area contributed by atoms with Crippen molar-refractivity contribution in [2.24, 2.45) is 5.41 Å². The lowest BCUT2D eigenvalue weighted by atomic mass is 9.89. The van der Waals surface area contributed by atoms with Gasteiger partial charge in [0.15, 0.2) is 5.75 Å². The molecule has 0 saturated heterocycles. The molecule has 0 saturated carbocycles. The van der Waals surface area contributed by atoms with Gasteiger partial charge in [0.05, 0.1) is 33.1 Å². The first-order valence-electron chi connectivity index (χ1n) is 6.44. The first-order valence-corrected chi connectivity index (χ1v) is 7.20. The monoisotopic (exact) mass is 330 g/mol. The van der Waals surface area contributed by atoms with Crippen molar-refractivity contribution in [1.29, 1.82) is 5.26 Å². The number of benzene rings is 1. The van der Waals surface area contributed by atoms with Crippen LogP contribution in [0.1, 0.15) is 33.1 Å². The average molecular weight is 331 g/mol. The van der Waals surface area contributed by atoms with E-state index in [2.05, 4.69) is 6.07 Å². The molecule has 21 heavy (non-hydrogen) atoms. The van der Waals surface area contributed by atoms with Crippen molar-refractivity contribution in [3.05, 3.63) is 32.3 Å². The summed E-state index contributed by atoms with van der Waals surface area (Å²) < 4.78 is 5.41. The molecule has 1 rings (SSSR count). The van der Waals surface area contributed by atoms with E-state index in [-0.39, 0.29) is 26.9 Å². The lowest BCUT2D eigenvalue weighted by Gasteiger charge is -2.14. The normalized spacial score (nSPS) is 11.0. The molecule has 114 valence electrons. The second-order valence-electron chi connectivity index (χ2n) is 5.29. The number of rotatable bonds is 7. The highest BCUT2D eigenvalue weighted by Crippen LogP contribution is 2.35. The van der Waals surface area contributed by atoms with E-state index in [1.807, 2.05) is 13.8 Å². The van der Waals surface area contributed by atoms with Crippen LogP contribution in [0.15, 0.2) is 12.1 Å². The summed E-state index contributed by atoms with van der Waals surface area (Å²) in [5.41, 5.74) is -0.572. The van der Waals surface area contributed by atoms with Crippen LogP contribution in [0.5, 0.6) is 5.75 Å². The molecule has 1 aromatic carbocycles. The van der Waals surface area contributed by atoms with E-state index in [1.165, 1.54) is 12.1 Å². The van der Waals surface area contributed by atoms with Crippen molar-refractivity contribution in [3.8, 4) is 11.8 Å². The highest BCUT2D eigenvalue weighted by Gasteiger charge is 2.19. The van der Waals surface area contributed by atoms with Crippen molar-refractivity contribution in [2.45, 2.75) is 33.1 Å². The Morgan fingerprint density at radius 1 is 1.33 bits per heavy atom. The van der Waals surface area contributed by atoms with Gasteiger partial charge in [-0.15, -0.1) is 0 Å². The third kappa shape index (κ3) is 5.41. The maximum absolute atomic E-state index is 10.9. The topological polar surface area (TPSA) is 76.2 Å². The molecule has 0 N–H and O–H groups in total. The fourth-order valence-electron chi connectivity index (χ4n) is 1.68. The van der Waals surface area contributed by atoms with Crippen molar-refractivity contribution in [1.82, 2.24) is 0 Å². The average Bonchev–Trinajstić information content (AvgIpc) is 2.41. The van der Waals surface area contributed by atoms with Gasteiger partial charge >= 0.3 is 5.69 Å². The van der Waals surface area contributed by atoms with E-state index in [0.29, 0.717) is 13.0 Å². The molecule has 7 heteroatoms. The van der Waals surface area contributed by atoms with Crippen LogP contribution in [-0.2, 0) is 0 Å². The Bertz CT molecular complexity index is 568. The minimum absolute atomic E-state index is 0.106. The van der Waals surface area contributed by atoms with Crippen LogP contribution in [0.2, 0.25) is 10.0 Å². The quantitative estimate of drug-likeness (QED) is 0.400. The van der Waals surface area contributed by atoms with Gasteiger partial charge in [-0.1, -0.05) is 23.2 Å². The van der Waals surface area contributed by atoms with Gasteiger partial charge in [0.1, 0.15) is 0 Å². The molecular weight excluding hydrogens is 315 g/mol. The lowest BCUT2D eigenvalue weighted by Crippen LogP contribution is -2.08. The molecule has 0 heterocycles. The molecule has 0 spiro atoms. The smallest absolute Gasteiger partial charge is 0.312 e. The van der Waals surface area contributed by atoms with Gasteiger partial charge in [0, 0.05) is 12.1 Å². The van der Waals surface area contributed by atoms with Crippen LogP contribution in [0.3, 0.4) is 0 Å². The largest absolute Gasteiger partial charge is 0.487 e. The molecule has 1 aromatic rings. The molecule has 0 fully saturated rings. The van der Waals surface area contributed by atoms with Crippen LogP contribution in [0, 0.1) is 26.9 Å². The summed E-state index contributed by atoms with van der Waals surface area (Å²) in [4.78, 5) is 10.4. The van der Waals surface area contributed by atoms with Gasteiger partial charge in [0.25, 0.3) is 0 Å². The lowest BCUT2D eigenvalue weighted by molar-refractivity contribution is -0.385. The Morgan fingerprint density at radius 3 is 2.52 bits per heavy atom. The van der Waals surface area contributed by atoms with Gasteiger partial charge < -0.3 is 4.74 Å². The molecule has 0 unspecified atom stereocenters. The van der Waals surface area contributed by atoms with Crippen LogP contribution in [0.4, 0.5) is 5.69 Å². The molecule has 5 nitrogen and oxygen atoms in total. The Hall–Kier alpha value is -1.51. The summed E-state index contributed by atoms with van der Waals surface area (Å²) in [6, 6.07) is 4.75. The number of nitro benzene ring substituents is 1. The molecule has 0 radical (unpaired) electrons. The van der Waals surface area contributed by atoms with E-state index in [1.54, 1.807) is 0 Å². The van der Waals surface area contributed by atoms with Gasteiger partial charge in [-0.05, 0) is 33.1 Å². The van der Waals surface area contributed by atoms with Crippen molar-refractivity contribution in [3.63, 3.8) is 0 Å². The minimum atomic E-state index is -0.559. The van der Waals surface area contributed by atoms with E-state index in [0.717, 1.165) is 12.8 Å². The Morgan fingerprint density at radius 2 is 1.95 bits per heavy atom. The molecule has 0 aliphatic carbocycles. The molecular formula is C14H16Cl2N2O3. The standard InChI is InChI=1S/C14H16Cl2N2O3/c1-14(2,9-17)5-3-4-6-21-13-8-11(16)10(15)7-12(13)18(19)20/h7-8H,3-6H2,1-2H3. The summed E-state index contributed by atoms with van der Waals surface area (Å²) in [5.74, 6) is 0.106. The second-order valence-corrected chi connectivity index (χ2v) is 6.11. The van der Waals surface area contributed by atoms with Crippen molar-refractivity contribution >= 4 is 28.9 Å². The number of nitriles is 1. The number of ether oxygens (including phenoxy) is 1. The third-order valence-electron chi connectivity index (χ3n) is 2.95. The van der Waals surface area contributed by atoms with Gasteiger partial charge in [0.2, 0.25) is 0 Å². The van der Waals surface area contributed by atoms with Crippen LogP contribution < -0.4 is 4.74 Å². The number of hydrogen-bond acceptors (Lipinski definition) is 4. The van der Waals surface area contributed by atoms with E-state index in [4.69, 9.17) is 33.2 Å². The van der Waals surface area contributed by atoms with Crippen molar-refractivity contribution < 1.29 is 9.66 Å². The number of halogens is 2. The Labute approximate surface area is 133 Å². The second kappa shape index (κ2) is 7.48. The molecule has 0 aliphatic heterocycles. The van der Waals surface area contributed by atoms with E-state index >= 15 is 0 Å². The third-order valence-corrected chi connectivity index (χ3v) is 3.68. The number of hydrogen-bond donors (Lipinski definition) is 0. The number of unbranched alkanes of at least 4 members (excludes halogenated alkanes) is 1. The van der Waals surface area contributed by atoms with Gasteiger partial charge in [-0.25, -0.2) is 0 Å². The minimum Gasteiger partial charge on any atom is -0.487 e. The Kier molecular flexibility index (Phi) is 6.25. The van der Waals surface area contributed by atoms with E-state index in [9.17, 15) is 10.1 Å². The molecule has 0 atom stereocenters.